The number of aromatic hydroxyl groups is 1. The van der Waals surface area contributed by atoms with Crippen LogP contribution in [0.5, 0.6) is 11.5 Å². The van der Waals surface area contributed by atoms with Gasteiger partial charge in [-0.15, -0.1) is 0 Å². The van der Waals surface area contributed by atoms with Crippen LogP contribution in [0.2, 0.25) is 0 Å². The van der Waals surface area contributed by atoms with Gasteiger partial charge in [0.05, 0.1) is 43.0 Å². The molecule has 0 unspecified atom stereocenters. The van der Waals surface area contributed by atoms with Gasteiger partial charge in [-0.25, -0.2) is 0 Å². The largest absolute Gasteiger partial charge is 0.508 e. The molecule has 0 radical (unpaired) electrons. The van der Waals surface area contributed by atoms with E-state index in [2.05, 4.69) is 6.08 Å². The molecular weight excluding hydrogens is 568 g/mol. The van der Waals surface area contributed by atoms with Crippen LogP contribution in [-0.4, -0.2) is 38.5 Å². The Bertz CT molecular complexity index is 1800. The third-order valence-electron chi connectivity index (χ3n) is 10.4. The Balaban J connectivity index is 1.18. The van der Waals surface area contributed by atoms with E-state index >= 15 is 0 Å². The van der Waals surface area contributed by atoms with Crippen LogP contribution in [0.4, 0.5) is 0 Å². The van der Waals surface area contributed by atoms with E-state index in [1.807, 2.05) is 60.7 Å². The van der Waals surface area contributed by atoms with Gasteiger partial charge in [0.2, 0.25) is 23.6 Å². The number of nitrogens with zero attached hydrogens (tertiary/aromatic N) is 2. The number of likely N-dealkylation sites (tertiary alicyclic amines) is 2. The smallest absolute Gasteiger partial charge is 0.234 e. The molecule has 8 nitrogen and oxygen atoms in total. The zero-order valence-corrected chi connectivity index (χ0v) is 24.5. The van der Waals surface area contributed by atoms with Crippen LogP contribution in [0.3, 0.4) is 0 Å². The predicted molar refractivity (Wildman–Crippen MR) is 163 cm³/mol. The van der Waals surface area contributed by atoms with Gasteiger partial charge in [-0.3, -0.25) is 29.0 Å². The number of allylic oxidation sites excluding steroid dienone is 3. The predicted octanol–water partition coefficient (Wildman–Crippen LogP) is 4.78. The number of carbonyl (C=O) groups is 4. The number of fused-ring (bicyclic) bond motifs is 5. The van der Waals surface area contributed by atoms with Crippen molar-refractivity contribution in [1.82, 2.24) is 9.80 Å². The molecule has 8 rings (SSSR count). The molecular formula is C37H32N2O6. The summed E-state index contributed by atoms with van der Waals surface area (Å²) in [6.07, 6.45) is 4.91. The van der Waals surface area contributed by atoms with Crippen molar-refractivity contribution in [2.24, 2.45) is 35.5 Å². The van der Waals surface area contributed by atoms with E-state index in [-0.39, 0.29) is 48.4 Å². The highest BCUT2D eigenvalue weighted by molar-refractivity contribution is 6.07. The number of carbonyl (C=O) groups excluding carboxylic acids is 4. The summed E-state index contributed by atoms with van der Waals surface area (Å²) in [4.78, 5) is 58.8. The molecule has 45 heavy (non-hydrogen) atoms. The van der Waals surface area contributed by atoms with Crippen LogP contribution in [0, 0.1) is 35.5 Å². The molecule has 3 heterocycles. The fourth-order valence-corrected chi connectivity index (χ4v) is 8.39. The van der Waals surface area contributed by atoms with Crippen LogP contribution < -0.4 is 4.74 Å². The van der Waals surface area contributed by atoms with Crippen molar-refractivity contribution in [2.45, 2.75) is 32.4 Å². The molecule has 4 amide bonds. The summed E-state index contributed by atoms with van der Waals surface area (Å²) in [6.45, 7) is 0.396. The fourth-order valence-electron chi connectivity index (χ4n) is 8.39. The molecule has 6 atom stereocenters. The van der Waals surface area contributed by atoms with Gasteiger partial charge in [0.25, 0.3) is 0 Å². The second kappa shape index (κ2) is 10.6. The maximum atomic E-state index is 14.2. The number of hydrogen-bond acceptors (Lipinski definition) is 6. The summed E-state index contributed by atoms with van der Waals surface area (Å²) >= 11 is 0. The maximum absolute atomic E-state index is 14.2. The Hall–Kier alpha value is -4.98. The minimum absolute atomic E-state index is 0.118. The average molecular weight is 601 g/mol. The Kier molecular flexibility index (Phi) is 6.48. The van der Waals surface area contributed by atoms with Crippen molar-refractivity contribution in [1.29, 1.82) is 0 Å². The lowest BCUT2D eigenvalue weighted by atomic mass is 9.56. The van der Waals surface area contributed by atoms with E-state index in [4.69, 9.17) is 4.74 Å². The van der Waals surface area contributed by atoms with Gasteiger partial charge >= 0.3 is 0 Å². The molecule has 2 saturated heterocycles. The van der Waals surface area contributed by atoms with Crippen molar-refractivity contribution in [2.75, 3.05) is 0 Å². The second-order valence-electron chi connectivity index (χ2n) is 12.8. The summed E-state index contributed by atoms with van der Waals surface area (Å²) in [5.41, 5.74) is 4.31. The molecule has 0 bridgehead atoms. The normalized spacial score (nSPS) is 28.5. The monoisotopic (exact) mass is 600 g/mol. The summed E-state index contributed by atoms with van der Waals surface area (Å²) in [5, 5.41) is 10.2. The molecule has 3 aromatic rings. The maximum Gasteiger partial charge on any atom is 0.234 e. The fraction of sp³-hybridized carbons (Fsp3) is 0.297. The molecule has 226 valence electrons. The van der Waals surface area contributed by atoms with E-state index in [1.54, 1.807) is 24.5 Å². The Labute approximate surface area is 260 Å². The third-order valence-corrected chi connectivity index (χ3v) is 10.4. The number of hydrogen-bond donors (Lipinski definition) is 1. The number of ether oxygens (including phenoxy) is 1. The molecule has 0 aromatic heterocycles. The zero-order valence-electron chi connectivity index (χ0n) is 24.5. The number of phenols is 1. The quantitative estimate of drug-likeness (QED) is 0.334. The summed E-state index contributed by atoms with van der Waals surface area (Å²) < 4.78 is 6.03. The topological polar surface area (TPSA) is 104 Å². The van der Waals surface area contributed by atoms with Gasteiger partial charge in [0, 0.05) is 17.9 Å². The minimum atomic E-state index is -0.637. The molecule has 3 aromatic carbocycles. The Morgan fingerprint density at radius 2 is 1.33 bits per heavy atom. The standard InChI is InChI=1S/C37H32N2O6/c40-25-11-14-30-23(16-25)15-24(20-45-30)31-26-12-13-27-32(36(43)38(34(27)41)18-21-7-3-1-4-8-21)28(26)17-29-33(31)37(44)39(35(29)42)19-22-9-5-2-6-10-22/h1-12,14,16,20,27-29,31-33,40H,13,15,17-19H2/t27-,28+,29+,31-,32-,33+/m0/s1. The van der Waals surface area contributed by atoms with Crippen LogP contribution in [0.1, 0.15) is 29.5 Å². The molecule has 0 spiro atoms. The Morgan fingerprint density at radius 3 is 2.00 bits per heavy atom. The number of benzene rings is 3. The van der Waals surface area contributed by atoms with E-state index in [9.17, 15) is 24.3 Å². The first-order chi connectivity index (χ1) is 21.9. The molecule has 3 aliphatic heterocycles. The van der Waals surface area contributed by atoms with Crippen LogP contribution >= 0.6 is 0 Å². The number of imide groups is 2. The van der Waals surface area contributed by atoms with Gasteiger partial charge in [0.15, 0.2) is 0 Å². The first-order valence-electron chi connectivity index (χ1n) is 15.5. The molecule has 1 saturated carbocycles. The number of phenolic OH excluding ortho intramolecular Hbond substituents is 1. The third kappa shape index (κ3) is 4.42. The molecule has 2 aliphatic carbocycles. The van der Waals surface area contributed by atoms with Gasteiger partial charge in [-0.2, -0.15) is 0 Å². The highest BCUT2D eigenvalue weighted by Gasteiger charge is 2.62. The van der Waals surface area contributed by atoms with E-state index in [0.29, 0.717) is 25.0 Å². The molecule has 1 N–H and O–H groups in total. The highest BCUT2D eigenvalue weighted by atomic mass is 16.5. The SMILES string of the molecule is O=C1[C@H]2[C@H](CC=C3[C@H](C4=COc5ccc(O)cc5C4)[C@@H]4C(=O)N(Cc5ccccc5)C(=O)[C@@H]4C[C@H]32)C(=O)N1Cc1ccccc1. The van der Waals surface area contributed by atoms with Crippen LogP contribution in [0.25, 0.3) is 0 Å². The summed E-state index contributed by atoms with van der Waals surface area (Å²) in [7, 11) is 0. The van der Waals surface area contributed by atoms with Gasteiger partial charge in [0.1, 0.15) is 11.5 Å². The lowest BCUT2D eigenvalue weighted by Crippen LogP contribution is -2.45. The average Bonchev–Trinajstić information content (AvgIpc) is 3.44. The van der Waals surface area contributed by atoms with Crippen molar-refractivity contribution in [3.8, 4) is 11.5 Å². The number of amides is 4. The number of rotatable bonds is 5. The zero-order chi connectivity index (χ0) is 30.8. The van der Waals surface area contributed by atoms with Crippen molar-refractivity contribution < 1.29 is 29.0 Å². The van der Waals surface area contributed by atoms with Gasteiger partial charge < -0.3 is 9.84 Å². The minimum Gasteiger partial charge on any atom is -0.508 e. The van der Waals surface area contributed by atoms with Crippen LogP contribution in [0.15, 0.2) is 102 Å². The van der Waals surface area contributed by atoms with E-state index in [1.165, 1.54) is 9.80 Å². The van der Waals surface area contributed by atoms with Gasteiger partial charge in [-0.05, 0) is 53.7 Å². The highest BCUT2D eigenvalue weighted by Crippen LogP contribution is 2.57. The summed E-state index contributed by atoms with van der Waals surface area (Å²) in [5.74, 6) is -3.23. The van der Waals surface area contributed by atoms with Crippen LogP contribution in [-0.2, 0) is 38.7 Å². The summed E-state index contributed by atoms with van der Waals surface area (Å²) in [6, 6.07) is 23.9. The van der Waals surface area contributed by atoms with E-state index < -0.39 is 29.6 Å². The molecule has 8 heteroatoms. The molecule has 5 aliphatic rings. The van der Waals surface area contributed by atoms with Gasteiger partial charge in [-0.1, -0.05) is 72.3 Å². The van der Waals surface area contributed by atoms with E-state index in [0.717, 1.165) is 27.8 Å². The first-order valence-corrected chi connectivity index (χ1v) is 15.5. The second-order valence-corrected chi connectivity index (χ2v) is 12.8. The lowest BCUT2D eigenvalue weighted by Gasteiger charge is -2.45. The Morgan fingerprint density at radius 1 is 0.711 bits per heavy atom. The molecule has 3 fully saturated rings. The van der Waals surface area contributed by atoms with Crippen molar-refractivity contribution in [3.63, 3.8) is 0 Å². The van der Waals surface area contributed by atoms with Crippen molar-refractivity contribution >= 4 is 23.6 Å². The first kappa shape index (κ1) is 27.6. The van der Waals surface area contributed by atoms with Crippen molar-refractivity contribution in [3.05, 3.63) is 119 Å². The lowest BCUT2D eigenvalue weighted by molar-refractivity contribution is -0.142.